The number of rotatable bonds is 6. The number of benzene rings is 1. The maximum atomic E-state index is 12.1. The molecular weight excluding hydrogens is 318 g/mol. The summed E-state index contributed by atoms with van der Waals surface area (Å²) in [5.74, 6) is -0.700. The number of amides is 2. The molecule has 3 N–H and O–H groups in total. The van der Waals surface area contributed by atoms with E-state index in [2.05, 4.69) is 20.9 Å². The molecule has 2 amide bonds. The number of pyridine rings is 1. The van der Waals surface area contributed by atoms with Crippen LogP contribution in [0.4, 0.5) is 11.4 Å². The van der Waals surface area contributed by atoms with Gasteiger partial charge in [-0.25, -0.2) is 0 Å². The van der Waals surface area contributed by atoms with Crippen LogP contribution in [-0.4, -0.2) is 16.8 Å². The highest BCUT2D eigenvalue weighted by Crippen LogP contribution is 2.14. The van der Waals surface area contributed by atoms with E-state index >= 15 is 0 Å². The van der Waals surface area contributed by atoms with Crippen LogP contribution in [0.25, 0.3) is 0 Å². The molecule has 1 aromatic carbocycles. The van der Waals surface area contributed by atoms with Gasteiger partial charge < -0.3 is 16.0 Å². The van der Waals surface area contributed by atoms with Crippen molar-refractivity contribution in [1.29, 1.82) is 5.26 Å². The number of carbonyl (C=O) groups excluding carboxylic acids is 2. The van der Waals surface area contributed by atoms with Crippen molar-refractivity contribution in [3.05, 3.63) is 66.1 Å². The van der Waals surface area contributed by atoms with Gasteiger partial charge in [0.2, 0.25) is 5.91 Å². The third kappa shape index (κ3) is 5.80. The van der Waals surface area contributed by atoms with Gasteiger partial charge in [0.1, 0.15) is 11.6 Å². The van der Waals surface area contributed by atoms with Crippen LogP contribution in [0.2, 0.25) is 0 Å². The van der Waals surface area contributed by atoms with E-state index in [0.29, 0.717) is 17.9 Å². The van der Waals surface area contributed by atoms with Gasteiger partial charge in [-0.05, 0) is 36.4 Å². The Morgan fingerprint density at radius 2 is 1.80 bits per heavy atom. The molecule has 0 aliphatic rings. The molecule has 0 saturated heterocycles. The lowest BCUT2D eigenvalue weighted by molar-refractivity contribution is -0.114. The molecule has 126 valence electrons. The molecule has 1 heterocycles. The zero-order valence-corrected chi connectivity index (χ0v) is 13.6. The largest absolute Gasteiger partial charge is 0.384 e. The minimum absolute atomic E-state index is 0.0538. The summed E-state index contributed by atoms with van der Waals surface area (Å²) in [4.78, 5) is 27.2. The zero-order valence-electron chi connectivity index (χ0n) is 13.6. The molecule has 2 aromatic rings. The van der Waals surface area contributed by atoms with Crippen LogP contribution in [0.5, 0.6) is 0 Å². The molecule has 0 radical (unpaired) electrons. The average Bonchev–Trinajstić information content (AvgIpc) is 2.61. The van der Waals surface area contributed by atoms with Crippen LogP contribution in [0.1, 0.15) is 12.6 Å². The predicted molar refractivity (Wildman–Crippen MR) is 94.1 cm³/mol. The predicted octanol–water partition coefficient (Wildman–Crippen LogP) is 2.18. The van der Waals surface area contributed by atoms with Gasteiger partial charge in [-0.1, -0.05) is 6.07 Å². The van der Waals surface area contributed by atoms with E-state index in [1.807, 2.05) is 24.3 Å². The molecular formula is C18H17N5O2. The van der Waals surface area contributed by atoms with E-state index in [9.17, 15) is 9.59 Å². The Hall–Kier alpha value is -3.66. The van der Waals surface area contributed by atoms with Crippen LogP contribution < -0.4 is 16.0 Å². The number of anilines is 2. The summed E-state index contributed by atoms with van der Waals surface area (Å²) >= 11 is 0. The van der Waals surface area contributed by atoms with Crippen molar-refractivity contribution in [2.75, 3.05) is 10.6 Å². The third-order valence-electron chi connectivity index (χ3n) is 3.08. The normalized spacial score (nSPS) is 10.5. The summed E-state index contributed by atoms with van der Waals surface area (Å²) in [5.41, 5.74) is 1.88. The van der Waals surface area contributed by atoms with Gasteiger partial charge >= 0.3 is 0 Å². The topological polar surface area (TPSA) is 107 Å². The Balaban J connectivity index is 1.94. The summed E-state index contributed by atoms with van der Waals surface area (Å²) in [6, 6.07) is 14.0. The van der Waals surface area contributed by atoms with Crippen molar-refractivity contribution in [2.45, 2.75) is 13.5 Å². The van der Waals surface area contributed by atoms with Crippen molar-refractivity contribution >= 4 is 23.2 Å². The summed E-state index contributed by atoms with van der Waals surface area (Å²) in [6.45, 7) is 1.82. The maximum Gasteiger partial charge on any atom is 0.267 e. The summed E-state index contributed by atoms with van der Waals surface area (Å²) in [5, 5.41) is 17.3. The Morgan fingerprint density at radius 1 is 1.12 bits per heavy atom. The first-order valence-electron chi connectivity index (χ1n) is 7.51. The standard InChI is InChI=1S/C18H17N5O2/c1-13(24)22-15-5-7-16(8-6-15)23-18(25)14(10-19)11-20-12-17-4-2-3-9-21-17/h2-9,11,20H,12H2,1H3,(H,22,24)(H,23,25)/b14-11-. The van der Waals surface area contributed by atoms with Crippen LogP contribution in [0.3, 0.4) is 0 Å². The molecule has 0 spiro atoms. The van der Waals surface area contributed by atoms with E-state index in [1.54, 1.807) is 30.5 Å². The summed E-state index contributed by atoms with van der Waals surface area (Å²) < 4.78 is 0. The molecule has 0 fully saturated rings. The fourth-order valence-corrected chi connectivity index (χ4v) is 1.95. The monoisotopic (exact) mass is 335 g/mol. The first-order chi connectivity index (χ1) is 12.1. The molecule has 1 aromatic heterocycles. The number of aromatic nitrogens is 1. The first-order valence-corrected chi connectivity index (χ1v) is 7.51. The van der Waals surface area contributed by atoms with E-state index in [0.717, 1.165) is 5.69 Å². The fourth-order valence-electron chi connectivity index (χ4n) is 1.95. The second kappa shape index (κ2) is 8.84. The second-order valence-electron chi connectivity index (χ2n) is 5.08. The van der Waals surface area contributed by atoms with Crippen molar-refractivity contribution < 1.29 is 9.59 Å². The van der Waals surface area contributed by atoms with Gasteiger partial charge in [-0.15, -0.1) is 0 Å². The molecule has 0 aliphatic carbocycles. The highest BCUT2D eigenvalue weighted by Gasteiger charge is 2.09. The molecule has 0 atom stereocenters. The number of carbonyl (C=O) groups is 2. The highest BCUT2D eigenvalue weighted by atomic mass is 16.2. The molecule has 0 unspecified atom stereocenters. The summed E-state index contributed by atoms with van der Waals surface area (Å²) in [7, 11) is 0. The van der Waals surface area contributed by atoms with Gasteiger partial charge in [0.05, 0.1) is 12.2 Å². The van der Waals surface area contributed by atoms with Crippen molar-refractivity contribution in [1.82, 2.24) is 10.3 Å². The van der Waals surface area contributed by atoms with Crippen LogP contribution in [0.15, 0.2) is 60.4 Å². The Bertz CT molecular complexity index is 808. The Labute approximate surface area is 145 Å². The van der Waals surface area contributed by atoms with E-state index in [1.165, 1.54) is 13.1 Å². The van der Waals surface area contributed by atoms with Gasteiger partial charge in [0.15, 0.2) is 0 Å². The fraction of sp³-hybridized carbons (Fsp3) is 0.111. The average molecular weight is 335 g/mol. The molecule has 0 bridgehead atoms. The number of nitrogens with zero attached hydrogens (tertiary/aromatic N) is 2. The van der Waals surface area contributed by atoms with Crippen molar-refractivity contribution in [3.8, 4) is 6.07 Å². The lowest BCUT2D eigenvalue weighted by atomic mass is 10.2. The van der Waals surface area contributed by atoms with E-state index in [-0.39, 0.29) is 11.5 Å². The number of hydrogen-bond acceptors (Lipinski definition) is 5. The van der Waals surface area contributed by atoms with Gasteiger partial charge in [0, 0.05) is 30.7 Å². The van der Waals surface area contributed by atoms with E-state index < -0.39 is 5.91 Å². The van der Waals surface area contributed by atoms with Crippen molar-refractivity contribution in [3.63, 3.8) is 0 Å². The Morgan fingerprint density at radius 3 is 2.36 bits per heavy atom. The van der Waals surface area contributed by atoms with Gasteiger partial charge in [-0.2, -0.15) is 5.26 Å². The first kappa shape index (κ1) is 17.7. The second-order valence-corrected chi connectivity index (χ2v) is 5.08. The number of nitrogens with one attached hydrogen (secondary N) is 3. The lowest BCUT2D eigenvalue weighted by Gasteiger charge is -2.07. The molecule has 2 rings (SSSR count). The minimum atomic E-state index is -0.525. The quantitative estimate of drug-likeness (QED) is 0.554. The van der Waals surface area contributed by atoms with Crippen LogP contribution >= 0.6 is 0 Å². The minimum Gasteiger partial charge on any atom is -0.384 e. The lowest BCUT2D eigenvalue weighted by Crippen LogP contribution is -2.17. The van der Waals surface area contributed by atoms with Crippen LogP contribution in [-0.2, 0) is 16.1 Å². The van der Waals surface area contributed by atoms with E-state index in [4.69, 9.17) is 5.26 Å². The molecule has 0 aliphatic heterocycles. The third-order valence-corrected chi connectivity index (χ3v) is 3.08. The van der Waals surface area contributed by atoms with Gasteiger partial charge in [0.25, 0.3) is 5.91 Å². The molecule has 7 nitrogen and oxygen atoms in total. The smallest absolute Gasteiger partial charge is 0.267 e. The highest BCUT2D eigenvalue weighted by molar-refractivity contribution is 6.06. The SMILES string of the molecule is CC(=O)Nc1ccc(NC(=O)/C(C#N)=C\NCc2ccccn2)cc1. The van der Waals surface area contributed by atoms with Crippen LogP contribution in [0, 0.1) is 11.3 Å². The zero-order chi connectivity index (χ0) is 18.1. The molecule has 25 heavy (non-hydrogen) atoms. The molecule has 0 saturated carbocycles. The summed E-state index contributed by atoms with van der Waals surface area (Å²) in [6.07, 6.45) is 3.03. The van der Waals surface area contributed by atoms with Gasteiger partial charge in [-0.3, -0.25) is 14.6 Å². The maximum absolute atomic E-state index is 12.1. The molecule has 7 heteroatoms. The number of hydrogen-bond donors (Lipinski definition) is 3. The number of nitriles is 1. The van der Waals surface area contributed by atoms with Crippen molar-refractivity contribution in [2.24, 2.45) is 0 Å². The Kier molecular flexibility index (Phi) is 6.25.